The van der Waals surface area contributed by atoms with Gasteiger partial charge >= 0.3 is 5.97 Å². The second-order valence-electron chi connectivity index (χ2n) is 9.27. The lowest BCUT2D eigenvalue weighted by Gasteiger charge is -2.54. The van der Waals surface area contributed by atoms with E-state index in [0.717, 1.165) is 19.3 Å². The van der Waals surface area contributed by atoms with Gasteiger partial charge in [0.15, 0.2) is 12.4 Å². The maximum absolute atomic E-state index is 12.8. The first-order valence-corrected chi connectivity index (χ1v) is 10.1. The number of allylic oxidation sites excluding steroid dienone is 5. The van der Waals surface area contributed by atoms with E-state index in [1.54, 1.807) is 12.2 Å². The van der Waals surface area contributed by atoms with Crippen molar-refractivity contribution in [3.63, 3.8) is 0 Å². The molecule has 1 N–H and O–H groups in total. The highest BCUT2D eigenvalue weighted by Crippen LogP contribution is 2.64. The van der Waals surface area contributed by atoms with Crippen molar-refractivity contribution >= 4 is 17.5 Å². The molecule has 5 nitrogen and oxygen atoms in total. The van der Waals surface area contributed by atoms with Crippen LogP contribution in [0.25, 0.3) is 0 Å². The quantitative estimate of drug-likeness (QED) is 0.598. The minimum atomic E-state index is -1.51. The highest BCUT2D eigenvalue weighted by atomic mass is 16.5. The molecule has 28 heavy (non-hydrogen) atoms. The molecule has 0 saturated heterocycles. The SMILES string of the molecule is CC(=O)OCC(=O)[C@@]1(O)CC[C@H]2[C@H]3CCC4=CC(=O)C=C[C@@]4(C)[C@@H]3C=C[C@@]21C. The Morgan fingerprint density at radius 2 is 2.00 bits per heavy atom. The van der Waals surface area contributed by atoms with Crippen LogP contribution in [0.4, 0.5) is 0 Å². The van der Waals surface area contributed by atoms with Gasteiger partial charge in [0, 0.05) is 17.8 Å². The van der Waals surface area contributed by atoms with Crippen molar-refractivity contribution in [2.24, 2.45) is 28.6 Å². The van der Waals surface area contributed by atoms with Crippen LogP contribution in [0.2, 0.25) is 0 Å². The van der Waals surface area contributed by atoms with Crippen LogP contribution >= 0.6 is 0 Å². The lowest BCUT2D eigenvalue weighted by Crippen LogP contribution is -2.56. The summed E-state index contributed by atoms with van der Waals surface area (Å²) in [5, 5.41) is 11.4. The molecule has 0 amide bonds. The molecule has 4 rings (SSSR count). The van der Waals surface area contributed by atoms with Crippen LogP contribution < -0.4 is 0 Å². The molecule has 0 aromatic carbocycles. The first-order valence-electron chi connectivity index (χ1n) is 10.1. The van der Waals surface area contributed by atoms with Crippen molar-refractivity contribution in [2.45, 2.75) is 52.1 Å². The average molecular weight is 384 g/mol. The topological polar surface area (TPSA) is 80.7 Å². The lowest BCUT2D eigenvalue weighted by molar-refractivity contribution is -0.159. The number of rotatable bonds is 3. The first-order chi connectivity index (χ1) is 13.1. The zero-order valence-electron chi connectivity index (χ0n) is 16.7. The molecular weight excluding hydrogens is 356 g/mol. The Kier molecular flexibility index (Phi) is 4.31. The second-order valence-corrected chi connectivity index (χ2v) is 9.27. The number of fused-ring (bicyclic) bond motifs is 5. The molecule has 2 saturated carbocycles. The van der Waals surface area contributed by atoms with E-state index in [2.05, 4.69) is 13.0 Å². The Morgan fingerprint density at radius 3 is 2.71 bits per heavy atom. The molecule has 6 atom stereocenters. The largest absolute Gasteiger partial charge is 0.458 e. The molecule has 4 aliphatic rings. The number of hydrogen-bond acceptors (Lipinski definition) is 5. The Balaban J connectivity index is 1.67. The van der Waals surface area contributed by atoms with Gasteiger partial charge in [-0.1, -0.05) is 37.6 Å². The highest BCUT2D eigenvalue weighted by molar-refractivity contribution is 6.01. The number of hydrogen-bond donors (Lipinski definition) is 1. The van der Waals surface area contributed by atoms with Crippen molar-refractivity contribution in [3.05, 3.63) is 36.0 Å². The van der Waals surface area contributed by atoms with Crippen LogP contribution in [0, 0.1) is 28.6 Å². The molecule has 0 unspecified atom stereocenters. The summed E-state index contributed by atoms with van der Waals surface area (Å²) < 4.78 is 4.89. The maximum atomic E-state index is 12.8. The number of carbonyl (C=O) groups is 3. The summed E-state index contributed by atoms with van der Waals surface area (Å²) in [6, 6.07) is 0. The highest BCUT2D eigenvalue weighted by Gasteiger charge is 2.64. The summed E-state index contributed by atoms with van der Waals surface area (Å²) in [6.07, 6.45) is 12.6. The Labute approximate surface area is 165 Å². The third-order valence-corrected chi connectivity index (χ3v) is 8.02. The van der Waals surface area contributed by atoms with Crippen LogP contribution in [0.1, 0.15) is 46.5 Å². The van der Waals surface area contributed by atoms with Gasteiger partial charge in [0.1, 0.15) is 5.60 Å². The van der Waals surface area contributed by atoms with Gasteiger partial charge < -0.3 is 9.84 Å². The van der Waals surface area contributed by atoms with Crippen LogP contribution in [0.3, 0.4) is 0 Å². The maximum Gasteiger partial charge on any atom is 0.303 e. The summed E-state index contributed by atoms with van der Waals surface area (Å²) in [7, 11) is 0. The summed E-state index contributed by atoms with van der Waals surface area (Å²) in [4.78, 5) is 35.7. The van der Waals surface area contributed by atoms with E-state index in [-0.39, 0.29) is 29.6 Å². The van der Waals surface area contributed by atoms with Gasteiger partial charge in [-0.3, -0.25) is 14.4 Å². The van der Waals surface area contributed by atoms with E-state index < -0.39 is 22.8 Å². The van der Waals surface area contributed by atoms with E-state index in [0.29, 0.717) is 12.3 Å². The molecule has 0 aromatic heterocycles. The van der Waals surface area contributed by atoms with Crippen molar-refractivity contribution in [2.75, 3.05) is 6.61 Å². The molecule has 150 valence electrons. The summed E-state index contributed by atoms with van der Waals surface area (Å²) in [6.45, 7) is 5.04. The normalized spacial score (nSPS) is 43.6. The van der Waals surface area contributed by atoms with Gasteiger partial charge in [-0.05, 0) is 55.6 Å². The molecule has 0 heterocycles. The van der Waals surface area contributed by atoms with Gasteiger partial charge in [0.05, 0.1) is 0 Å². The predicted molar refractivity (Wildman–Crippen MR) is 103 cm³/mol. The fourth-order valence-corrected chi connectivity index (χ4v) is 6.34. The minimum absolute atomic E-state index is 0.0573. The molecular formula is C23H28O5. The smallest absolute Gasteiger partial charge is 0.303 e. The molecule has 0 aliphatic heterocycles. The van der Waals surface area contributed by atoms with E-state index in [1.165, 1.54) is 12.5 Å². The van der Waals surface area contributed by atoms with E-state index in [9.17, 15) is 19.5 Å². The van der Waals surface area contributed by atoms with Crippen molar-refractivity contribution in [1.29, 1.82) is 0 Å². The molecule has 0 bridgehead atoms. The van der Waals surface area contributed by atoms with Crippen LogP contribution in [-0.2, 0) is 19.1 Å². The fourth-order valence-electron chi connectivity index (χ4n) is 6.34. The third kappa shape index (κ3) is 2.52. The molecule has 0 radical (unpaired) electrons. The van der Waals surface area contributed by atoms with Crippen molar-refractivity contribution < 1.29 is 24.2 Å². The van der Waals surface area contributed by atoms with Crippen LogP contribution in [0.15, 0.2) is 36.0 Å². The van der Waals surface area contributed by atoms with Gasteiger partial charge in [-0.25, -0.2) is 0 Å². The summed E-state index contributed by atoms with van der Waals surface area (Å²) >= 11 is 0. The Hall–Kier alpha value is -2.01. The van der Waals surface area contributed by atoms with Crippen molar-refractivity contribution in [1.82, 2.24) is 0 Å². The standard InChI is InChI=1S/C23H28O5/c1-14(24)28-13-20(26)23(27)11-8-19-17-5-4-15-12-16(25)6-9-21(15,2)18(17)7-10-22(19,23)3/h6-7,9-10,12,17-19,27H,4-5,8,11,13H2,1-3H3/t17-,18+,19-,21+,22-,23-/m0/s1. The third-order valence-electron chi connectivity index (χ3n) is 8.02. The van der Waals surface area contributed by atoms with Gasteiger partial charge in [-0.2, -0.15) is 0 Å². The summed E-state index contributed by atoms with van der Waals surface area (Å²) in [5.74, 6) is -0.109. The minimum Gasteiger partial charge on any atom is -0.458 e. The van der Waals surface area contributed by atoms with E-state index in [1.807, 2.05) is 19.1 Å². The molecule has 2 fully saturated rings. The first kappa shape index (κ1) is 19.3. The van der Waals surface area contributed by atoms with Crippen LogP contribution in [-0.4, -0.2) is 34.9 Å². The average Bonchev–Trinajstić information content (AvgIpc) is 2.92. The summed E-state index contributed by atoms with van der Waals surface area (Å²) in [5.41, 5.74) is -1.17. The molecule has 4 aliphatic carbocycles. The monoisotopic (exact) mass is 384 g/mol. The van der Waals surface area contributed by atoms with Gasteiger partial charge in [0.2, 0.25) is 5.78 Å². The lowest BCUT2D eigenvalue weighted by atomic mass is 9.50. The number of ketones is 2. The zero-order chi connectivity index (χ0) is 20.3. The fraction of sp³-hybridized carbons (Fsp3) is 0.609. The Bertz CT molecular complexity index is 836. The Morgan fingerprint density at radius 1 is 1.25 bits per heavy atom. The van der Waals surface area contributed by atoms with Gasteiger partial charge in [0.25, 0.3) is 0 Å². The number of esters is 1. The van der Waals surface area contributed by atoms with E-state index >= 15 is 0 Å². The van der Waals surface area contributed by atoms with Gasteiger partial charge in [-0.15, -0.1) is 0 Å². The van der Waals surface area contributed by atoms with Crippen molar-refractivity contribution in [3.8, 4) is 0 Å². The molecule has 5 heteroatoms. The number of aliphatic hydroxyl groups is 1. The second kappa shape index (κ2) is 6.24. The number of Topliss-reactive ketones (excluding diaryl/α,β-unsaturated/α-hetero) is 1. The number of carbonyl (C=O) groups excluding carboxylic acids is 3. The molecule has 0 spiro atoms. The predicted octanol–water partition coefficient (Wildman–Crippen LogP) is 2.93. The van der Waals surface area contributed by atoms with Crippen LogP contribution in [0.5, 0.6) is 0 Å². The molecule has 0 aromatic rings. The van der Waals surface area contributed by atoms with E-state index in [4.69, 9.17) is 4.74 Å². The number of ether oxygens (including phenoxy) is 1. The zero-order valence-corrected chi connectivity index (χ0v) is 16.7.